The highest BCUT2D eigenvalue weighted by molar-refractivity contribution is 7.98. The van der Waals surface area contributed by atoms with Gasteiger partial charge in [-0.3, -0.25) is 0 Å². The van der Waals surface area contributed by atoms with Crippen LogP contribution in [-0.2, 0) is 14.4 Å². The van der Waals surface area contributed by atoms with Crippen LogP contribution < -0.4 is 0 Å². The summed E-state index contributed by atoms with van der Waals surface area (Å²) in [5.74, 6) is 0. The molecule has 1 N–H and O–H groups in total. The van der Waals surface area contributed by atoms with E-state index in [0.717, 1.165) is 4.88 Å². The van der Waals surface area contributed by atoms with Crippen LogP contribution in [0.3, 0.4) is 0 Å². The molecule has 1 atom stereocenters. The Morgan fingerprint density at radius 3 is 2.60 bits per heavy atom. The van der Waals surface area contributed by atoms with Crippen molar-refractivity contribution in [1.82, 2.24) is 4.98 Å². The van der Waals surface area contributed by atoms with Gasteiger partial charge in [0, 0.05) is 11.1 Å². The van der Waals surface area contributed by atoms with Gasteiger partial charge >= 0.3 is 4.34 Å². The zero-order valence-corrected chi connectivity index (χ0v) is 7.33. The highest BCUT2D eigenvalue weighted by Crippen LogP contribution is 2.19. The summed E-state index contributed by atoms with van der Waals surface area (Å²) in [7, 11) is -2.82. The monoisotopic (exact) mass is 178 g/mol. The largest absolute Gasteiger partial charge is 0.338 e. The smallest absolute Gasteiger partial charge is 0.197 e. The average molecular weight is 178 g/mol. The van der Waals surface area contributed by atoms with Gasteiger partial charge in [0.15, 0.2) is 0 Å². The van der Waals surface area contributed by atoms with Crippen molar-refractivity contribution in [3.8, 4) is 0 Å². The normalized spacial score (nSPS) is 16.7. The number of aromatic nitrogens is 1. The fraction of sp³-hybridized carbons (Fsp3) is 0.400. The second-order valence-electron chi connectivity index (χ2n) is 2.04. The molecule has 0 aliphatic rings. The van der Waals surface area contributed by atoms with Gasteiger partial charge in [-0.05, 0) is 6.92 Å². The van der Waals surface area contributed by atoms with Crippen LogP contribution in [0.5, 0.6) is 0 Å². The van der Waals surface area contributed by atoms with Gasteiger partial charge in [-0.25, -0.2) is 0 Å². The van der Waals surface area contributed by atoms with E-state index < -0.39 is 10.2 Å². The van der Waals surface area contributed by atoms with Crippen LogP contribution >= 0.6 is 11.3 Å². The first-order chi connectivity index (χ1) is 4.50. The summed E-state index contributed by atoms with van der Waals surface area (Å²) in [6.07, 6.45) is 2.87. The predicted octanol–water partition coefficient (Wildman–Crippen LogP) is 1.41. The van der Waals surface area contributed by atoms with E-state index in [1.54, 1.807) is 6.20 Å². The molecule has 0 saturated heterocycles. The molecule has 3 nitrogen and oxygen atoms in total. The van der Waals surface area contributed by atoms with Crippen LogP contribution in [0.15, 0.2) is 10.5 Å². The molecule has 1 heterocycles. The second-order valence-corrected chi connectivity index (χ2v) is 5.52. The SMILES string of the molecule is Cc1cnc([S+](C)(=O)O)s1. The number of hydrogen-bond donors (Lipinski definition) is 1. The van der Waals surface area contributed by atoms with Crippen LogP contribution in [0.2, 0.25) is 0 Å². The minimum Gasteiger partial charge on any atom is -0.197 e. The second kappa shape index (κ2) is 2.41. The molecule has 1 aromatic heterocycles. The van der Waals surface area contributed by atoms with Crippen molar-refractivity contribution in [3.63, 3.8) is 0 Å². The standard InChI is InChI=1S/C5H7NO2S2/c1-4-3-6-5(9-4)10(2,7)8/h3H,1-2H3/p+1. The van der Waals surface area contributed by atoms with Crippen molar-refractivity contribution in [2.45, 2.75) is 11.3 Å². The molecule has 0 bridgehead atoms. The Balaban J connectivity index is 3.08. The van der Waals surface area contributed by atoms with E-state index in [1.165, 1.54) is 17.6 Å². The molecule has 1 rings (SSSR count). The van der Waals surface area contributed by atoms with E-state index in [9.17, 15) is 4.21 Å². The molecule has 0 fully saturated rings. The molecule has 0 aliphatic heterocycles. The molecule has 1 aromatic rings. The summed E-state index contributed by atoms with van der Waals surface area (Å²) in [5, 5.41) is 0. The number of aryl methyl sites for hydroxylation is 1. The fourth-order valence-corrected chi connectivity index (χ4v) is 2.26. The Morgan fingerprint density at radius 2 is 2.40 bits per heavy atom. The van der Waals surface area contributed by atoms with E-state index in [4.69, 9.17) is 4.55 Å². The van der Waals surface area contributed by atoms with E-state index in [0.29, 0.717) is 4.34 Å². The summed E-state index contributed by atoms with van der Waals surface area (Å²) in [5.41, 5.74) is 0. The number of nitrogens with zero attached hydrogens (tertiary/aromatic N) is 1. The van der Waals surface area contributed by atoms with Crippen LogP contribution in [0, 0.1) is 6.92 Å². The first-order valence-electron chi connectivity index (χ1n) is 2.64. The predicted molar refractivity (Wildman–Crippen MR) is 41.7 cm³/mol. The van der Waals surface area contributed by atoms with Gasteiger partial charge in [0.1, 0.15) is 6.26 Å². The van der Waals surface area contributed by atoms with Crippen molar-refractivity contribution >= 4 is 21.6 Å². The molecule has 0 saturated carbocycles. The topological polar surface area (TPSA) is 50.2 Å². The van der Waals surface area contributed by atoms with Crippen molar-refractivity contribution < 1.29 is 8.76 Å². The molecule has 0 radical (unpaired) electrons. The van der Waals surface area contributed by atoms with Crippen molar-refractivity contribution in [2.75, 3.05) is 6.26 Å². The minimum absolute atomic E-state index is 0.310. The summed E-state index contributed by atoms with van der Waals surface area (Å²) in [6.45, 7) is 1.85. The highest BCUT2D eigenvalue weighted by atomic mass is 32.3. The van der Waals surface area contributed by atoms with Gasteiger partial charge in [-0.15, -0.1) is 0 Å². The third-order valence-corrected chi connectivity index (χ3v) is 3.56. The third kappa shape index (κ3) is 1.62. The van der Waals surface area contributed by atoms with Crippen molar-refractivity contribution in [1.29, 1.82) is 0 Å². The molecular weight excluding hydrogens is 170 g/mol. The quantitative estimate of drug-likeness (QED) is 0.661. The summed E-state index contributed by atoms with van der Waals surface area (Å²) in [6, 6.07) is 0. The molecule has 10 heavy (non-hydrogen) atoms. The van der Waals surface area contributed by atoms with Crippen LogP contribution in [0.4, 0.5) is 0 Å². The van der Waals surface area contributed by atoms with E-state index in [1.807, 2.05) is 6.92 Å². The maximum absolute atomic E-state index is 10.9. The van der Waals surface area contributed by atoms with Gasteiger partial charge in [-0.2, -0.15) is 9.54 Å². The lowest BCUT2D eigenvalue weighted by Crippen LogP contribution is -2.04. The third-order valence-electron chi connectivity index (χ3n) is 0.924. The molecular formula is C5H8NO2S2+. The Kier molecular flexibility index (Phi) is 1.89. The lowest BCUT2D eigenvalue weighted by Gasteiger charge is -1.87. The molecule has 0 amide bonds. The molecule has 0 aliphatic carbocycles. The maximum Gasteiger partial charge on any atom is 0.338 e. The van der Waals surface area contributed by atoms with Crippen LogP contribution in [0.25, 0.3) is 0 Å². The summed E-state index contributed by atoms with van der Waals surface area (Å²) in [4.78, 5) is 4.74. The molecule has 5 heteroatoms. The Bertz CT molecular complexity index is 275. The Morgan fingerprint density at radius 1 is 1.80 bits per heavy atom. The van der Waals surface area contributed by atoms with E-state index in [2.05, 4.69) is 4.98 Å². The lowest BCUT2D eigenvalue weighted by molar-refractivity contribution is 0.503. The molecule has 0 spiro atoms. The zero-order chi connectivity index (χ0) is 7.78. The average Bonchev–Trinajstić information content (AvgIpc) is 2.11. The van der Waals surface area contributed by atoms with Gasteiger partial charge in [0.05, 0.1) is 0 Å². The van der Waals surface area contributed by atoms with E-state index in [-0.39, 0.29) is 0 Å². The number of thiazole rings is 1. The van der Waals surface area contributed by atoms with Gasteiger partial charge in [0.2, 0.25) is 0 Å². The summed E-state index contributed by atoms with van der Waals surface area (Å²) < 4.78 is 20.2. The van der Waals surface area contributed by atoms with Crippen LogP contribution in [0.1, 0.15) is 4.88 Å². The maximum atomic E-state index is 10.9. The van der Waals surface area contributed by atoms with Gasteiger partial charge in [-0.1, -0.05) is 15.5 Å². The van der Waals surface area contributed by atoms with Gasteiger partial charge < -0.3 is 0 Å². The highest BCUT2D eigenvalue weighted by Gasteiger charge is 2.25. The van der Waals surface area contributed by atoms with Gasteiger partial charge in [0.25, 0.3) is 10.2 Å². The minimum atomic E-state index is -2.82. The fourth-order valence-electron chi connectivity index (χ4n) is 0.509. The number of rotatable bonds is 1. The first-order valence-corrected chi connectivity index (χ1v) is 5.38. The molecule has 56 valence electrons. The lowest BCUT2D eigenvalue weighted by atomic mass is 10.7. The molecule has 1 unspecified atom stereocenters. The van der Waals surface area contributed by atoms with Crippen LogP contribution in [-0.4, -0.2) is 15.8 Å². The van der Waals surface area contributed by atoms with Crippen molar-refractivity contribution in [3.05, 3.63) is 11.1 Å². The molecule has 0 aromatic carbocycles. The zero-order valence-electron chi connectivity index (χ0n) is 5.70. The number of hydrogen-bond acceptors (Lipinski definition) is 3. The first kappa shape index (κ1) is 7.84. The van der Waals surface area contributed by atoms with Crippen molar-refractivity contribution in [2.24, 2.45) is 0 Å². The Labute approximate surface area is 64.4 Å². The summed E-state index contributed by atoms with van der Waals surface area (Å²) >= 11 is 1.26. The Hall–Kier alpha value is -0.260. The van der Waals surface area contributed by atoms with E-state index >= 15 is 0 Å².